The number of benzene rings is 4. The van der Waals surface area contributed by atoms with E-state index in [9.17, 15) is 43.2 Å². The van der Waals surface area contributed by atoms with Crippen LogP contribution in [0.3, 0.4) is 0 Å². The van der Waals surface area contributed by atoms with Gasteiger partial charge < -0.3 is 80.5 Å². The normalized spacial score (nSPS) is 18.0. The lowest BCUT2D eigenvalue weighted by atomic mass is 9.84. The predicted octanol–water partition coefficient (Wildman–Crippen LogP) is 9.45. The Morgan fingerprint density at radius 1 is 0.284 bits per heavy atom. The van der Waals surface area contributed by atoms with Crippen molar-refractivity contribution in [1.82, 2.24) is 0 Å². The Balaban J connectivity index is 0.827. The standard InChI is InChI=1S/C76H92O26/c1-7-71(32-86-33-71)44-97-63(78)52-22-50(23-53(24-52)64(79)98-45-72(8-2)34-87-35-72)14-13-17-94-62(77)51-15-16-60(69(84)95-20-18-92-58-27-54(65(80)99-46-73(9-3)36-88-37-73)25-55(28-58)66(81)100-47-74(10-4)38-89-39-74)61(31-51)70(85)96-21-19-93-59-29-56(67(82)101-48-75(11-5)40-90-41-75)26-57(30-59)68(83)102-49-76(12-6)42-91-43-76/h15-16,22-31H,7-14,17-21,32-49H2,1-6H3. The molecule has 4 aromatic rings. The van der Waals surface area contributed by atoms with Crippen molar-refractivity contribution in [3.8, 4) is 11.5 Å². The van der Waals surface area contributed by atoms with Crippen molar-refractivity contribution in [2.24, 2.45) is 32.5 Å². The van der Waals surface area contributed by atoms with Crippen LogP contribution in [0.25, 0.3) is 0 Å². The summed E-state index contributed by atoms with van der Waals surface area (Å²) in [5.41, 5.74) is -1.98. The van der Waals surface area contributed by atoms with Crippen LogP contribution in [0.1, 0.15) is 185 Å². The molecule has 0 N–H and O–H groups in total. The average Bonchev–Trinajstić information content (AvgIpc) is 0.822. The van der Waals surface area contributed by atoms with E-state index in [1.54, 1.807) is 12.1 Å². The third kappa shape index (κ3) is 18.8. The summed E-state index contributed by atoms with van der Waals surface area (Å²) in [5, 5.41) is 0. The molecule has 0 atom stereocenters. The van der Waals surface area contributed by atoms with E-state index in [1.807, 2.05) is 41.5 Å². The van der Waals surface area contributed by atoms with Crippen molar-refractivity contribution in [2.45, 2.75) is 92.9 Å². The first-order valence-corrected chi connectivity index (χ1v) is 35.0. The summed E-state index contributed by atoms with van der Waals surface area (Å²) in [6.07, 6.45) is 4.74. The molecule has 6 heterocycles. The van der Waals surface area contributed by atoms with Gasteiger partial charge in [-0.3, -0.25) is 0 Å². The third-order valence-corrected chi connectivity index (χ3v) is 20.4. The molecule has 26 nitrogen and oxygen atoms in total. The highest BCUT2D eigenvalue weighted by Gasteiger charge is 2.43. The van der Waals surface area contributed by atoms with Crippen LogP contribution in [-0.4, -0.2) is 206 Å². The average molecular weight is 1420 g/mol. The van der Waals surface area contributed by atoms with Gasteiger partial charge in [0.2, 0.25) is 0 Å². The Labute approximate surface area is 592 Å². The number of hydrogen-bond donors (Lipinski definition) is 0. The second kappa shape index (κ2) is 34.2. The van der Waals surface area contributed by atoms with Gasteiger partial charge in [0.15, 0.2) is 0 Å². The summed E-state index contributed by atoms with van der Waals surface area (Å²) in [4.78, 5) is 124. The molecule has 0 amide bonds. The fourth-order valence-corrected chi connectivity index (χ4v) is 11.7. The highest BCUT2D eigenvalue weighted by molar-refractivity contribution is 6.05. The second-order valence-electron chi connectivity index (χ2n) is 27.9. The molecule has 0 aliphatic carbocycles. The van der Waals surface area contributed by atoms with Gasteiger partial charge in [-0.05, 0) is 130 Å². The van der Waals surface area contributed by atoms with E-state index in [1.165, 1.54) is 54.6 Å². The van der Waals surface area contributed by atoms with Crippen molar-refractivity contribution >= 4 is 53.7 Å². The van der Waals surface area contributed by atoms with Crippen molar-refractivity contribution < 1.29 is 124 Å². The number of carbonyl (C=O) groups is 9. The summed E-state index contributed by atoms with van der Waals surface area (Å²) in [6.45, 7) is 16.0. The molecule has 6 aliphatic rings. The Morgan fingerprint density at radius 2 is 0.549 bits per heavy atom. The van der Waals surface area contributed by atoms with E-state index < -0.39 is 72.5 Å². The van der Waals surface area contributed by atoms with Crippen LogP contribution in [0, 0.1) is 32.5 Å². The Hall–Kier alpha value is -8.53. The minimum Gasteiger partial charge on any atom is -0.490 e. The van der Waals surface area contributed by atoms with Crippen LogP contribution in [0.4, 0.5) is 0 Å². The highest BCUT2D eigenvalue weighted by Crippen LogP contribution is 2.38. The maximum absolute atomic E-state index is 14.3. The highest BCUT2D eigenvalue weighted by atomic mass is 16.6. The number of hydrogen-bond acceptors (Lipinski definition) is 26. The van der Waals surface area contributed by atoms with Gasteiger partial charge in [-0.2, -0.15) is 0 Å². The first-order chi connectivity index (χ1) is 49.1. The largest absolute Gasteiger partial charge is 0.490 e. The molecular formula is C76H92O26. The predicted molar refractivity (Wildman–Crippen MR) is 359 cm³/mol. The molecule has 10 rings (SSSR count). The Kier molecular flexibility index (Phi) is 25.5. The topological polar surface area (TPSA) is 311 Å². The fraction of sp³-hybridized carbons (Fsp3) is 0.566. The summed E-state index contributed by atoms with van der Waals surface area (Å²) in [7, 11) is 0. The quantitative estimate of drug-likeness (QED) is 0.0228. The van der Waals surface area contributed by atoms with E-state index in [0.29, 0.717) is 111 Å². The number of ether oxygens (including phenoxy) is 17. The van der Waals surface area contributed by atoms with Crippen molar-refractivity contribution in [2.75, 3.05) is 152 Å². The molecule has 26 heteroatoms. The molecule has 0 aromatic heterocycles. The second-order valence-corrected chi connectivity index (χ2v) is 27.9. The van der Waals surface area contributed by atoms with E-state index in [2.05, 4.69) is 0 Å². The van der Waals surface area contributed by atoms with Crippen LogP contribution in [0.15, 0.2) is 72.8 Å². The summed E-state index contributed by atoms with van der Waals surface area (Å²) in [5.74, 6) is -7.08. The van der Waals surface area contributed by atoms with Gasteiger partial charge >= 0.3 is 53.7 Å². The van der Waals surface area contributed by atoms with Crippen LogP contribution >= 0.6 is 0 Å². The third-order valence-electron chi connectivity index (χ3n) is 20.4. The molecule has 552 valence electrons. The molecule has 4 aromatic carbocycles. The molecule has 102 heavy (non-hydrogen) atoms. The molecule has 0 saturated carbocycles. The molecular weight excluding hydrogens is 1330 g/mol. The van der Waals surface area contributed by atoms with Crippen molar-refractivity contribution in [3.63, 3.8) is 0 Å². The Morgan fingerprint density at radius 3 is 0.824 bits per heavy atom. The molecule has 6 aliphatic heterocycles. The van der Waals surface area contributed by atoms with Gasteiger partial charge in [0.05, 0.1) is 168 Å². The van der Waals surface area contributed by atoms with Gasteiger partial charge in [-0.1, -0.05) is 41.5 Å². The number of aryl methyl sites for hydroxylation is 1. The maximum atomic E-state index is 14.3. The zero-order chi connectivity index (χ0) is 72.6. The molecule has 0 bridgehead atoms. The van der Waals surface area contributed by atoms with E-state index >= 15 is 0 Å². The smallest absolute Gasteiger partial charge is 0.339 e. The zero-order valence-corrected chi connectivity index (χ0v) is 59.0. The monoisotopic (exact) mass is 1420 g/mol. The molecule has 0 radical (unpaired) electrons. The lowest BCUT2D eigenvalue weighted by Gasteiger charge is -2.40. The van der Waals surface area contributed by atoms with E-state index in [-0.39, 0.29) is 161 Å². The lowest BCUT2D eigenvalue weighted by Crippen LogP contribution is -2.46. The number of rotatable bonds is 39. The number of esters is 9. The zero-order valence-electron chi connectivity index (χ0n) is 59.0. The fourth-order valence-electron chi connectivity index (χ4n) is 11.7. The van der Waals surface area contributed by atoms with Gasteiger partial charge in [0.25, 0.3) is 0 Å². The van der Waals surface area contributed by atoms with Gasteiger partial charge in [0.1, 0.15) is 77.6 Å². The Bertz CT molecular complexity index is 3480. The van der Waals surface area contributed by atoms with Crippen LogP contribution in [0.5, 0.6) is 11.5 Å². The lowest BCUT2D eigenvalue weighted by molar-refractivity contribution is -0.140. The summed E-state index contributed by atoms with van der Waals surface area (Å²) >= 11 is 0. The van der Waals surface area contributed by atoms with Crippen LogP contribution in [-0.2, 0) is 77.5 Å². The first kappa shape index (κ1) is 76.1. The minimum atomic E-state index is -1.09. The van der Waals surface area contributed by atoms with Gasteiger partial charge in [0, 0.05) is 0 Å². The summed E-state index contributed by atoms with van der Waals surface area (Å²) in [6, 6.07) is 16.4. The maximum Gasteiger partial charge on any atom is 0.339 e. The molecule has 0 unspecified atom stereocenters. The number of carbonyl (C=O) groups excluding carboxylic acids is 9. The SMILES string of the molecule is CCC1(COC(=O)c2cc(CCCOC(=O)c3ccc(C(=O)OCCOc4cc(C(=O)OCC5(CC)COC5)cc(C(=O)OCC5(CC)COC5)c4)c(C(=O)OCCOc4cc(C(=O)OCC5(CC)COC5)cc(C(=O)OCC5(CC)COC5)c4)c3)cc(C(=O)OCC3(CC)COC3)c2)COC1. The van der Waals surface area contributed by atoms with Gasteiger partial charge in [-0.15, -0.1) is 0 Å². The van der Waals surface area contributed by atoms with Crippen molar-refractivity contribution in [3.05, 3.63) is 128 Å². The molecule has 0 spiro atoms. The van der Waals surface area contributed by atoms with Crippen LogP contribution < -0.4 is 9.47 Å². The van der Waals surface area contributed by atoms with Gasteiger partial charge in [-0.25, -0.2) is 43.2 Å². The first-order valence-electron chi connectivity index (χ1n) is 35.0. The minimum absolute atomic E-state index is 0.00392. The molecule has 6 saturated heterocycles. The van der Waals surface area contributed by atoms with E-state index in [4.69, 9.17) is 80.5 Å². The molecule has 6 fully saturated rings. The van der Waals surface area contributed by atoms with E-state index in [0.717, 1.165) is 18.9 Å². The van der Waals surface area contributed by atoms with Crippen molar-refractivity contribution in [1.29, 1.82) is 0 Å². The van der Waals surface area contributed by atoms with Crippen LogP contribution in [0.2, 0.25) is 0 Å². The summed E-state index contributed by atoms with van der Waals surface area (Å²) < 4.78 is 95.7.